The van der Waals surface area contributed by atoms with Crippen LogP contribution in [0.2, 0.25) is 0 Å². The van der Waals surface area contributed by atoms with Crippen LogP contribution in [0.4, 0.5) is 0 Å². The van der Waals surface area contributed by atoms with E-state index < -0.39 is 0 Å². The molecule has 0 aromatic heterocycles. The van der Waals surface area contributed by atoms with Crippen molar-refractivity contribution in [2.75, 3.05) is 13.1 Å². The lowest BCUT2D eigenvalue weighted by Crippen LogP contribution is -2.04. The molecular formula is C6H9NO. The van der Waals surface area contributed by atoms with Crippen LogP contribution in [-0.4, -0.2) is 23.9 Å². The van der Waals surface area contributed by atoms with E-state index in [9.17, 15) is 4.79 Å². The highest BCUT2D eigenvalue weighted by Gasteiger charge is 2.20. The Morgan fingerprint density at radius 2 is 2.25 bits per heavy atom. The maximum atomic E-state index is 10.6. The molecule has 0 radical (unpaired) electrons. The van der Waals surface area contributed by atoms with Crippen LogP contribution in [-0.2, 0) is 4.79 Å². The summed E-state index contributed by atoms with van der Waals surface area (Å²) in [6, 6.07) is 0. The van der Waals surface area contributed by atoms with E-state index in [0.29, 0.717) is 0 Å². The van der Waals surface area contributed by atoms with Gasteiger partial charge in [0.1, 0.15) is 0 Å². The summed E-state index contributed by atoms with van der Waals surface area (Å²) in [7, 11) is 0. The van der Waals surface area contributed by atoms with Crippen LogP contribution in [0.3, 0.4) is 0 Å². The van der Waals surface area contributed by atoms with Crippen LogP contribution in [0.15, 0.2) is 12.2 Å². The average molecular weight is 111 g/mol. The quantitative estimate of drug-likeness (QED) is 0.354. The third-order valence-corrected chi connectivity index (χ3v) is 1.07. The van der Waals surface area contributed by atoms with E-state index in [4.69, 9.17) is 0 Å². The number of carbonyl (C=O) groups excluding carboxylic acids is 1. The van der Waals surface area contributed by atoms with Gasteiger partial charge in [0.05, 0.1) is 0 Å². The van der Waals surface area contributed by atoms with Gasteiger partial charge in [-0.2, -0.15) is 0 Å². The molecule has 0 unspecified atom stereocenters. The third-order valence-electron chi connectivity index (χ3n) is 1.07. The molecule has 1 amide bonds. The van der Waals surface area contributed by atoms with Gasteiger partial charge in [-0.05, 0) is 13.0 Å². The third kappa shape index (κ3) is 1.09. The fraction of sp³-hybridized carbons (Fsp3) is 0.500. The summed E-state index contributed by atoms with van der Waals surface area (Å²) in [5.41, 5.74) is 0. The lowest BCUT2D eigenvalue weighted by atomic mass is 10.5. The Morgan fingerprint density at radius 3 is 2.62 bits per heavy atom. The van der Waals surface area contributed by atoms with Crippen molar-refractivity contribution in [2.45, 2.75) is 6.92 Å². The summed E-state index contributed by atoms with van der Waals surface area (Å²) >= 11 is 0. The predicted octanol–water partition coefficient (Wildman–Crippen LogP) is 0.405. The van der Waals surface area contributed by atoms with Crippen LogP contribution in [0.25, 0.3) is 0 Å². The number of hydrogen-bond acceptors (Lipinski definition) is 1. The maximum Gasteiger partial charge on any atom is 0.246 e. The molecule has 2 nitrogen and oxygen atoms in total. The average Bonchev–Trinajstić information content (AvgIpc) is 2.45. The minimum Gasteiger partial charge on any atom is -0.336 e. The summed E-state index contributed by atoms with van der Waals surface area (Å²) in [5.74, 6) is 0.146. The lowest BCUT2D eigenvalue weighted by Gasteiger charge is -1.89. The minimum absolute atomic E-state index is 0.146. The molecule has 0 bridgehead atoms. The highest BCUT2D eigenvalue weighted by atomic mass is 16.2. The Kier molecular flexibility index (Phi) is 1.33. The molecule has 0 aromatic carbocycles. The fourth-order valence-corrected chi connectivity index (χ4v) is 0.518. The Labute approximate surface area is 48.8 Å². The highest BCUT2D eigenvalue weighted by Crippen LogP contribution is 2.03. The maximum absolute atomic E-state index is 10.6. The molecule has 0 saturated carbocycles. The van der Waals surface area contributed by atoms with Gasteiger partial charge >= 0.3 is 0 Å². The first-order valence-electron chi connectivity index (χ1n) is 2.76. The molecule has 1 saturated heterocycles. The molecule has 0 atom stereocenters. The lowest BCUT2D eigenvalue weighted by molar-refractivity contribution is -0.120. The first-order valence-corrected chi connectivity index (χ1v) is 2.76. The van der Waals surface area contributed by atoms with Crippen molar-refractivity contribution in [3.63, 3.8) is 0 Å². The van der Waals surface area contributed by atoms with E-state index in [2.05, 4.69) is 0 Å². The van der Waals surface area contributed by atoms with Crippen LogP contribution in [0.1, 0.15) is 6.92 Å². The Morgan fingerprint density at radius 1 is 1.62 bits per heavy atom. The number of nitrogens with zero attached hydrogens (tertiary/aromatic N) is 1. The first-order chi connectivity index (χ1) is 3.84. The Bertz CT molecular complexity index is 124. The molecule has 0 spiro atoms. The van der Waals surface area contributed by atoms with Crippen LogP contribution in [0, 0.1) is 0 Å². The van der Waals surface area contributed by atoms with Crippen molar-refractivity contribution in [2.24, 2.45) is 0 Å². The van der Waals surface area contributed by atoms with Gasteiger partial charge in [-0.3, -0.25) is 4.79 Å². The van der Waals surface area contributed by atoms with Crippen molar-refractivity contribution >= 4 is 5.91 Å². The van der Waals surface area contributed by atoms with Crippen molar-refractivity contribution in [3.8, 4) is 0 Å². The van der Waals surface area contributed by atoms with Gasteiger partial charge in [0, 0.05) is 13.1 Å². The number of carbonyl (C=O) groups is 1. The molecule has 8 heavy (non-hydrogen) atoms. The molecule has 1 heterocycles. The van der Waals surface area contributed by atoms with Crippen molar-refractivity contribution < 1.29 is 4.79 Å². The number of amides is 1. The fourth-order valence-electron chi connectivity index (χ4n) is 0.518. The summed E-state index contributed by atoms with van der Waals surface area (Å²) in [4.78, 5) is 12.4. The molecular weight excluding hydrogens is 102 g/mol. The molecule has 2 heteroatoms. The van der Waals surface area contributed by atoms with Gasteiger partial charge in [-0.1, -0.05) is 6.08 Å². The smallest absolute Gasteiger partial charge is 0.246 e. The van der Waals surface area contributed by atoms with E-state index in [1.54, 1.807) is 17.1 Å². The molecule has 1 fully saturated rings. The Hall–Kier alpha value is -0.790. The van der Waals surface area contributed by atoms with Crippen molar-refractivity contribution in [3.05, 3.63) is 12.2 Å². The molecule has 0 N–H and O–H groups in total. The second-order valence-electron chi connectivity index (χ2n) is 1.83. The van der Waals surface area contributed by atoms with Crippen LogP contribution in [0.5, 0.6) is 0 Å². The normalized spacial score (nSPS) is 17.4. The predicted molar refractivity (Wildman–Crippen MR) is 31.4 cm³/mol. The molecule has 0 aromatic rings. The van der Waals surface area contributed by atoms with Gasteiger partial charge in [-0.15, -0.1) is 0 Å². The zero-order chi connectivity index (χ0) is 5.98. The van der Waals surface area contributed by atoms with Gasteiger partial charge in [0.25, 0.3) is 0 Å². The van der Waals surface area contributed by atoms with E-state index in [1.165, 1.54) is 0 Å². The highest BCUT2D eigenvalue weighted by molar-refractivity contribution is 5.89. The molecule has 0 aliphatic carbocycles. The van der Waals surface area contributed by atoms with Crippen LogP contribution >= 0.6 is 0 Å². The molecule has 1 aliphatic rings. The summed E-state index contributed by atoms with van der Waals surface area (Å²) in [6.07, 6.45) is 3.35. The van der Waals surface area contributed by atoms with E-state index in [1.807, 2.05) is 6.92 Å². The molecule has 1 rings (SSSR count). The summed E-state index contributed by atoms with van der Waals surface area (Å²) in [6.45, 7) is 3.74. The van der Waals surface area contributed by atoms with Crippen LogP contribution < -0.4 is 0 Å². The van der Waals surface area contributed by atoms with E-state index >= 15 is 0 Å². The van der Waals surface area contributed by atoms with Gasteiger partial charge < -0.3 is 4.90 Å². The Balaban J connectivity index is 2.33. The second-order valence-corrected chi connectivity index (χ2v) is 1.83. The van der Waals surface area contributed by atoms with Gasteiger partial charge in [0.15, 0.2) is 0 Å². The number of hydrogen-bond donors (Lipinski definition) is 0. The topological polar surface area (TPSA) is 20.1 Å². The molecule has 1 aliphatic heterocycles. The van der Waals surface area contributed by atoms with E-state index in [-0.39, 0.29) is 5.91 Å². The van der Waals surface area contributed by atoms with Gasteiger partial charge in [-0.25, -0.2) is 0 Å². The zero-order valence-electron chi connectivity index (χ0n) is 4.92. The summed E-state index contributed by atoms with van der Waals surface area (Å²) < 4.78 is 0. The number of allylic oxidation sites excluding steroid dienone is 1. The standard InChI is InChI=1S/C6H9NO/c1-2-3-6(8)7-4-5-7/h2-3H,4-5H2,1H3. The monoisotopic (exact) mass is 111 g/mol. The number of rotatable bonds is 1. The van der Waals surface area contributed by atoms with Crippen molar-refractivity contribution in [1.82, 2.24) is 4.90 Å². The first kappa shape index (κ1) is 5.35. The zero-order valence-corrected chi connectivity index (χ0v) is 4.92. The SMILES string of the molecule is CC=CC(=O)N1CC1. The molecule has 44 valence electrons. The minimum atomic E-state index is 0.146. The van der Waals surface area contributed by atoms with Crippen molar-refractivity contribution in [1.29, 1.82) is 0 Å². The van der Waals surface area contributed by atoms with E-state index in [0.717, 1.165) is 13.1 Å². The van der Waals surface area contributed by atoms with Gasteiger partial charge in [0.2, 0.25) is 5.91 Å². The largest absolute Gasteiger partial charge is 0.336 e. The second kappa shape index (κ2) is 1.99. The summed E-state index contributed by atoms with van der Waals surface area (Å²) in [5, 5.41) is 0.